The van der Waals surface area contributed by atoms with Gasteiger partial charge in [-0.1, -0.05) is 0 Å². The molecule has 6 heteroatoms. The zero-order valence-electron chi connectivity index (χ0n) is 6.11. The Bertz CT molecular complexity index is 197. The van der Waals surface area contributed by atoms with Gasteiger partial charge in [-0.05, 0) is 18.5 Å². The van der Waals surface area contributed by atoms with Gasteiger partial charge in [-0.15, -0.1) is 0 Å². The van der Waals surface area contributed by atoms with Gasteiger partial charge in [0.2, 0.25) is 0 Å². The molecule has 0 N–H and O–H groups in total. The lowest BCUT2D eigenvalue weighted by atomic mass is 10.5. The minimum Gasteiger partial charge on any atom is -0.463 e. The number of allylic oxidation sites excluding steroid dienone is 1. The Kier molecular flexibility index (Phi) is 4.09. The van der Waals surface area contributed by atoms with Gasteiger partial charge in [0.1, 0.15) is 0 Å². The van der Waals surface area contributed by atoms with Gasteiger partial charge in [-0.2, -0.15) is 8.78 Å². The summed E-state index contributed by atoms with van der Waals surface area (Å²) in [6.45, 7) is 1.44. The van der Waals surface area contributed by atoms with E-state index in [1.54, 1.807) is 0 Å². The van der Waals surface area contributed by atoms with Gasteiger partial charge in [0.25, 0.3) is 0 Å². The first-order valence-corrected chi connectivity index (χ1v) is 3.37. The Morgan fingerprint density at radius 3 is 2.50 bits per heavy atom. The standard InChI is InChI=1S/C6H6ClF3O2/c1-2-12-5(11)3-4(8)6(7,9)10/h3H,2H2,1H3/b4-3-. The number of halogens is 4. The van der Waals surface area contributed by atoms with E-state index in [4.69, 9.17) is 0 Å². The van der Waals surface area contributed by atoms with E-state index in [2.05, 4.69) is 16.3 Å². The molecule has 0 atom stereocenters. The molecule has 0 aromatic heterocycles. The Hall–Kier alpha value is -0.710. The highest BCUT2D eigenvalue weighted by Crippen LogP contribution is 2.29. The van der Waals surface area contributed by atoms with Gasteiger partial charge in [0.15, 0.2) is 5.83 Å². The number of rotatable bonds is 3. The van der Waals surface area contributed by atoms with Crippen molar-refractivity contribution in [3.63, 3.8) is 0 Å². The zero-order valence-corrected chi connectivity index (χ0v) is 6.87. The topological polar surface area (TPSA) is 26.3 Å². The summed E-state index contributed by atoms with van der Waals surface area (Å²) in [4.78, 5) is 10.4. The van der Waals surface area contributed by atoms with Gasteiger partial charge < -0.3 is 4.74 Å². The fraction of sp³-hybridized carbons (Fsp3) is 0.500. The number of carbonyl (C=O) groups is 1. The van der Waals surface area contributed by atoms with Gasteiger partial charge in [0.05, 0.1) is 12.7 Å². The van der Waals surface area contributed by atoms with Crippen molar-refractivity contribution < 1.29 is 22.7 Å². The normalized spacial score (nSPS) is 12.9. The number of ether oxygens (including phenoxy) is 1. The second-order valence-corrected chi connectivity index (χ2v) is 2.22. The lowest BCUT2D eigenvalue weighted by Crippen LogP contribution is -2.09. The van der Waals surface area contributed by atoms with Crippen LogP contribution >= 0.6 is 11.6 Å². The second kappa shape index (κ2) is 4.35. The van der Waals surface area contributed by atoms with Crippen molar-refractivity contribution in [2.24, 2.45) is 0 Å². The van der Waals surface area contributed by atoms with E-state index in [1.165, 1.54) is 6.92 Å². The van der Waals surface area contributed by atoms with Crippen LogP contribution in [-0.4, -0.2) is 18.0 Å². The van der Waals surface area contributed by atoms with E-state index < -0.39 is 17.2 Å². The molecule has 0 amide bonds. The molecule has 0 rings (SSSR count). The van der Waals surface area contributed by atoms with E-state index in [0.717, 1.165) is 0 Å². The number of hydrogen-bond donors (Lipinski definition) is 0. The number of esters is 1. The van der Waals surface area contributed by atoms with E-state index in [9.17, 15) is 18.0 Å². The summed E-state index contributed by atoms with van der Waals surface area (Å²) in [7, 11) is 0. The van der Waals surface area contributed by atoms with Crippen LogP contribution in [0.3, 0.4) is 0 Å². The Labute approximate surface area is 71.9 Å². The van der Waals surface area contributed by atoms with Crippen molar-refractivity contribution in [1.82, 2.24) is 0 Å². The van der Waals surface area contributed by atoms with Crippen LogP contribution in [0.25, 0.3) is 0 Å². The molecule has 0 aliphatic rings. The predicted molar refractivity (Wildman–Crippen MR) is 36.6 cm³/mol. The fourth-order valence-corrected chi connectivity index (χ4v) is 0.424. The Balaban J connectivity index is 4.26. The van der Waals surface area contributed by atoms with E-state index in [1.807, 2.05) is 0 Å². The molecule has 0 radical (unpaired) electrons. The van der Waals surface area contributed by atoms with Crippen molar-refractivity contribution in [3.8, 4) is 0 Å². The molecule has 0 aromatic rings. The summed E-state index contributed by atoms with van der Waals surface area (Å²) in [5.74, 6) is -3.21. The maximum atomic E-state index is 12.2. The molecule has 0 saturated heterocycles. The summed E-state index contributed by atoms with van der Waals surface area (Å²) >= 11 is 4.24. The Morgan fingerprint density at radius 2 is 2.17 bits per heavy atom. The van der Waals surface area contributed by atoms with Crippen molar-refractivity contribution in [2.45, 2.75) is 12.3 Å². The number of alkyl halides is 3. The molecule has 0 spiro atoms. The van der Waals surface area contributed by atoms with Crippen LogP contribution in [0, 0.1) is 0 Å². The fourth-order valence-electron chi connectivity index (χ4n) is 0.369. The third-order valence-electron chi connectivity index (χ3n) is 0.802. The molecular weight excluding hydrogens is 197 g/mol. The van der Waals surface area contributed by atoms with Crippen molar-refractivity contribution in [2.75, 3.05) is 6.61 Å². The summed E-state index contributed by atoms with van der Waals surface area (Å²) in [5.41, 5.74) is 0. The summed E-state index contributed by atoms with van der Waals surface area (Å²) < 4.78 is 40.0. The van der Waals surface area contributed by atoms with Crippen LogP contribution in [-0.2, 0) is 9.53 Å². The van der Waals surface area contributed by atoms with Crippen LogP contribution in [0.15, 0.2) is 11.9 Å². The first-order chi connectivity index (χ1) is 5.38. The summed E-state index contributed by atoms with van der Waals surface area (Å²) in [6, 6.07) is 0. The third-order valence-corrected chi connectivity index (χ3v) is 0.983. The van der Waals surface area contributed by atoms with Gasteiger partial charge in [-0.3, -0.25) is 0 Å². The molecule has 0 saturated carbocycles. The molecule has 70 valence electrons. The molecule has 0 aliphatic carbocycles. The highest BCUT2D eigenvalue weighted by Gasteiger charge is 2.32. The lowest BCUT2D eigenvalue weighted by Gasteiger charge is -2.03. The van der Waals surface area contributed by atoms with Crippen LogP contribution in [0.1, 0.15) is 6.92 Å². The highest BCUT2D eigenvalue weighted by atomic mass is 35.5. The number of hydrogen-bond acceptors (Lipinski definition) is 2. The largest absolute Gasteiger partial charge is 0.463 e. The van der Waals surface area contributed by atoms with Gasteiger partial charge in [0, 0.05) is 0 Å². The van der Waals surface area contributed by atoms with Gasteiger partial charge in [-0.25, -0.2) is 9.18 Å². The van der Waals surface area contributed by atoms with Crippen LogP contribution < -0.4 is 0 Å². The first kappa shape index (κ1) is 11.3. The average molecular weight is 203 g/mol. The second-order valence-electron chi connectivity index (χ2n) is 1.74. The molecule has 0 unspecified atom stereocenters. The highest BCUT2D eigenvalue weighted by molar-refractivity contribution is 6.23. The molecule has 0 aliphatic heterocycles. The SMILES string of the molecule is CCOC(=O)/C=C(\F)C(F)(F)Cl. The average Bonchev–Trinajstić information content (AvgIpc) is 1.85. The van der Waals surface area contributed by atoms with Gasteiger partial charge >= 0.3 is 11.4 Å². The van der Waals surface area contributed by atoms with E-state index in [-0.39, 0.29) is 12.7 Å². The van der Waals surface area contributed by atoms with Crippen molar-refractivity contribution in [1.29, 1.82) is 0 Å². The molecule has 12 heavy (non-hydrogen) atoms. The predicted octanol–water partition coefficient (Wildman–Crippen LogP) is 2.23. The van der Waals surface area contributed by atoms with Crippen LogP contribution in [0.2, 0.25) is 0 Å². The summed E-state index contributed by atoms with van der Waals surface area (Å²) in [5, 5.41) is -4.15. The van der Waals surface area contributed by atoms with Crippen molar-refractivity contribution >= 4 is 17.6 Å². The maximum absolute atomic E-state index is 12.2. The number of carbonyl (C=O) groups excluding carboxylic acids is 1. The van der Waals surface area contributed by atoms with Crippen LogP contribution in [0.4, 0.5) is 13.2 Å². The van der Waals surface area contributed by atoms with E-state index in [0.29, 0.717) is 0 Å². The summed E-state index contributed by atoms with van der Waals surface area (Å²) in [6.07, 6.45) is 0.0104. The molecular formula is C6H6ClF3O2. The van der Waals surface area contributed by atoms with Crippen LogP contribution in [0.5, 0.6) is 0 Å². The maximum Gasteiger partial charge on any atom is 0.374 e. The smallest absolute Gasteiger partial charge is 0.374 e. The van der Waals surface area contributed by atoms with Crippen molar-refractivity contribution in [3.05, 3.63) is 11.9 Å². The van der Waals surface area contributed by atoms with E-state index >= 15 is 0 Å². The lowest BCUT2D eigenvalue weighted by molar-refractivity contribution is -0.137. The zero-order chi connectivity index (χ0) is 9.78. The quantitative estimate of drug-likeness (QED) is 0.399. The monoisotopic (exact) mass is 202 g/mol. The first-order valence-electron chi connectivity index (χ1n) is 2.99. The Morgan fingerprint density at radius 1 is 1.67 bits per heavy atom. The molecule has 0 bridgehead atoms. The third kappa shape index (κ3) is 4.23. The molecule has 0 fully saturated rings. The molecule has 2 nitrogen and oxygen atoms in total. The molecule has 0 aromatic carbocycles. The minimum atomic E-state index is -4.15. The molecule has 0 heterocycles. The minimum absolute atomic E-state index is 0.0104.